The van der Waals surface area contributed by atoms with Gasteiger partial charge in [0.2, 0.25) is 0 Å². The minimum atomic E-state index is -0.580. The summed E-state index contributed by atoms with van der Waals surface area (Å²) in [4.78, 5) is 24.6. The van der Waals surface area contributed by atoms with E-state index in [1.165, 1.54) is 0 Å². The van der Waals surface area contributed by atoms with Crippen LogP contribution in [0.15, 0.2) is 23.3 Å². The number of nitrogens with one attached hydrogen (secondary N) is 1. The number of anilines is 1. The Labute approximate surface area is 128 Å². The molecule has 1 aliphatic rings. The topological polar surface area (TPSA) is 65.3 Å². The summed E-state index contributed by atoms with van der Waals surface area (Å²) in [5.41, 5.74) is 0.648. The molecule has 2 aromatic rings. The van der Waals surface area contributed by atoms with E-state index in [9.17, 15) is 9.59 Å². The van der Waals surface area contributed by atoms with Crippen molar-refractivity contribution in [3.05, 3.63) is 28.8 Å². The van der Waals surface area contributed by atoms with E-state index in [0.717, 1.165) is 18.4 Å². The van der Waals surface area contributed by atoms with Crippen LogP contribution in [0.4, 0.5) is 10.5 Å². The Morgan fingerprint density at radius 3 is 2.64 bits per heavy atom. The molecule has 22 heavy (non-hydrogen) atoms. The van der Waals surface area contributed by atoms with E-state index >= 15 is 0 Å². The zero-order chi connectivity index (χ0) is 16.1. The Kier molecular flexibility index (Phi) is 3.27. The van der Waals surface area contributed by atoms with Crippen molar-refractivity contribution in [2.75, 3.05) is 5.32 Å². The molecule has 0 bridgehead atoms. The molecule has 2 heterocycles. The van der Waals surface area contributed by atoms with Gasteiger partial charge in [-0.2, -0.15) is 0 Å². The Bertz CT molecular complexity index is 791. The summed E-state index contributed by atoms with van der Waals surface area (Å²) >= 11 is 0. The predicted molar refractivity (Wildman–Crippen MR) is 85.3 cm³/mol. The van der Waals surface area contributed by atoms with Gasteiger partial charge in [-0.1, -0.05) is 0 Å². The van der Waals surface area contributed by atoms with Crippen LogP contribution in [0, 0.1) is 0 Å². The van der Waals surface area contributed by atoms with Crippen LogP contribution in [0.2, 0.25) is 0 Å². The highest BCUT2D eigenvalue weighted by atomic mass is 16.6. The molecular weight excluding hydrogens is 282 g/mol. The molecule has 0 radical (unpaired) electrons. The van der Waals surface area contributed by atoms with Crippen molar-refractivity contribution in [2.45, 2.75) is 45.3 Å². The maximum atomic E-state index is 12.7. The Balaban J connectivity index is 2.00. The van der Waals surface area contributed by atoms with Gasteiger partial charge in [-0.25, -0.2) is 4.79 Å². The lowest BCUT2D eigenvalue weighted by atomic mass is 10.2. The number of carbonyl (C=O) groups is 1. The normalized spacial score (nSPS) is 15.1. The maximum absolute atomic E-state index is 12.7. The first-order chi connectivity index (χ1) is 10.3. The average Bonchev–Trinajstić information content (AvgIpc) is 3.14. The number of aromatic nitrogens is 2. The third-order valence-corrected chi connectivity index (χ3v) is 3.65. The Morgan fingerprint density at radius 1 is 1.36 bits per heavy atom. The van der Waals surface area contributed by atoms with Gasteiger partial charge >= 0.3 is 6.09 Å². The molecule has 1 amide bonds. The molecule has 3 rings (SSSR count). The summed E-state index contributed by atoms with van der Waals surface area (Å²) in [6.07, 6.45) is 5.09. The first-order valence-corrected chi connectivity index (χ1v) is 7.46. The summed E-state index contributed by atoms with van der Waals surface area (Å²) in [7, 11) is 1.85. The zero-order valence-corrected chi connectivity index (χ0v) is 13.3. The summed E-state index contributed by atoms with van der Waals surface area (Å²) in [5.74, 6) is 0. The number of pyridine rings is 1. The number of aryl methyl sites for hydroxylation is 1. The van der Waals surface area contributed by atoms with Gasteiger partial charge in [0.15, 0.2) is 0 Å². The quantitative estimate of drug-likeness (QED) is 0.927. The van der Waals surface area contributed by atoms with Crippen molar-refractivity contribution in [1.29, 1.82) is 0 Å². The first-order valence-electron chi connectivity index (χ1n) is 7.46. The summed E-state index contributed by atoms with van der Waals surface area (Å²) in [6.45, 7) is 5.40. The minimum Gasteiger partial charge on any atom is -0.444 e. The number of amides is 1. The van der Waals surface area contributed by atoms with E-state index < -0.39 is 11.7 Å². The summed E-state index contributed by atoms with van der Waals surface area (Å²) < 4.78 is 8.85. The van der Waals surface area contributed by atoms with Crippen molar-refractivity contribution in [3.63, 3.8) is 0 Å². The van der Waals surface area contributed by atoms with Crippen LogP contribution in [0.5, 0.6) is 0 Å². The largest absolute Gasteiger partial charge is 0.444 e. The molecule has 0 saturated heterocycles. The van der Waals surface area contributed by atoms with Crippen molar-refractivity contribution in [2.24, 2.45) is 7.05 Å². The predicted octanol–water partition coefficient (Wildman–Crippen LogP) is 3.02. The molecule has 118 valence electrons. The average molecular weight is 303 g/mol. The lowest BCUT2D eigenvalue weighted by Gasteiger charge is -2.19. The fourth-order valence-corrected chi connectivity index (χ4v) is 2.56. The smallest absolute Gasteiger partial charge is 0.412 e. The number of ether oxygens (including phenoxy) is 1. The number of hydrogen-bond donors (Lipinski definition) is 1. The second-order valence-electron chi connectivity index (χ2n) is 6.80. The van der Waals surface area contributed by atoms with Gasteiger partial charge in [0.05, 0.1) is 16.6 Å². The third-order valence-electron chi connectivity index (χ3n) is 3.65. The molecule has 2 aromatic heterocycles. The van der Waals surface area contributed by atoms with Gasteiger partial charge in [-0.3, -0.25) is 10.1 Å². The van der Waals surface area contributed by atoms with Gasteiger partial charge in [0, 0.05) is 25.5 Å². The van der Waals surface area contributed by atoms with Gasteiger partial charge in [0.25, 0.3) is 5.56 Å². The van der Waals surface area contributed by atoms with Crippen molar-refractivity contribution in [3.8, 4) is 0 Å². The molecule has 1 aliphatic carbocycles. The van der Waals surface area contributed by atoms with Crippen LogP contribution in [0.1, 0.15) is 39.7 Å². The van der Waals surface area contributed by atoms with E-state index in [-0.39, 0.29) is 5.56 Å². The molecule has 1 fully saturated rings. The highest BCUT2D eigenvalue weighted by Gasteiger charge is 2.26. The van der Waals surface area contributed by atoms with Crippen LogP contribution < -0.4 is 10.9 Å². The maximum Gasteiger partial charge on any atom is 0.412 e. The van der Waals surface area contributed by atoms with Crippen LogP contribution in [0.3, 0.4) is 0 Å². The monoisotopic (exact) mass is 303 g/mol. The van der Waals surface area contributed by atoms with Gasteiger partial charge in [-0.05, 0) is 39.7 Å². The lowest BCUT2D eigenvalue weighted by Crippen LogP contribution is -2.27. The molecule has 0 unspecified atom stereocenters. The van der Waals surface area contributed by atoms with Crippen molar-refractivity contribution < 1.29 is 9.53 Å². The van der Waals surface area contributed by atoms with Crippen LogP contribution in [-0.2, 0) is 11.8 Å². The number of rotatable bonds is 2. The lowest BCUT2D eigenvalue weighted by molar-refractivity contribution is 0.0636. The number of carbonyl (C=O) groups excluding carboxylic acids is 1. The highest BCUT2D eigenvalue weighted by Crippen LogP contribution is 2.34. The van der Waals surface area contributed by atoms with Crippen LogP contribution in [-0.4, -0.2) is 20.8 Å². The molecule has 1 N–H and O–H groups in total. The number of nitrogens with zero attached hydrogens (tertiary/aromatic N) is 2. The second kappa shape index (κ2) is 4.90. The Hall–Kier alpha value is -2.24. The van der Waals surface area contributed by atoms with E-state index in [1.807, 2.05) is 23.9 Å². The fourth-order valence-electron chi connectivity index (χ4n) is 2.56. The van der Waals surface area contributed by atoms with Crippen LogP contribution in [0.25, 0.3) is 10.9 Å². The Morgan fingerprint density at radius 2 is 2.05 bits per heavy atom. The molecule has 0 aromatic carbocycles. The zero-order valence-electron chi connectivity index (χ0n) is 13.3. The van der Waals surface area contributed by atoms with E-state index in [1.54, 1.807) is 31.5 Å². The van der Waals surface area contributed by atoms with E-state index in [2.05, 4.69) is 5.32 Å². The standard InChI is InChI=1S/C16H21N3O3/c1-16(2,3)22-15(21)17-11-9-18(4)12-7-8-19(10-5-6-10)14(20)13(11)12/h7-10H,5-6H2,1-4H3,(H,17,21). The van der Waals surface area contributed by atoms with Gasteiger partial charge < -0.3 is 13.9 Å². The molecule has 6 nitrogen and oxygen atoms in total. The highest BCUT2D eigenvalue weighted by molar-refractivity contribution is 5.99. The van der Waals surface area contributed by atoms with Crippen LogP contribution >= 0.6 is 0 Å². The van der Waals surface area contributed by atoms with Gasteiger partial charge in [0.1, 0.15) is 5.60 Å². The molecule has 0 aliphatic heterocycles. The second-order valence-corrected chi connectivity index (χ2v) is 6.80. The number of fused-ring (bicyclic) bond motifs is 1. The minimum absolute atomic E-state index is 0.0633. The molecule has 6 heteroatoms. The third kappa shape index (κ3) is 2.73. The molecular formula is C16H21N3O3. The number of hydrogen-bond acceptors (Lipinski definition) is 3. The molecule has 0 atom stereocenters. The van der Waals surface area contributed by atoms with Crippen molar-refractivity contribution >= 4 is 22.7 Å². The van der Waals surface area contributed by atoms with E-state index in [0.29, 0.717) is 17.1 Å². The van der Waals surface area contributed by atoms with E-state index in [4.69, 9.17) is 4.74 Å². The first kappa shape index (κ1) is 14.7. The van der Waals surface area contributed by atoms with Gasteiger partial charge in [-0.15, -0.1) is 0 Å². The summed E-state index contributed by atoms with van der Waals surface area (Å²) in [6, 6.07) is 2.21. The van der Waals surface area contributed by atoms with Crippen molar-refractivity contribution in [1.82, 2.24) is 9.13 Å². The molecule has 0 spiro atoms. The SMILES string of the molecule is Cn1cc(NC(=O)OC(C)(C)C)c2c(=O)n(C3CC3)ccc21. The fraction of sp³-hybridized carbons (Fsp3) is 0.500. The summed E-state index contributed by atoms with van der Waals surface area (Å²) in [5, 5.41) is 3.22. The molecule has 1 saturated carbocycles.